The second-order valence-corrected chi connectivity index (χ2v) is 5.34. The Morgan fingerprint density at radius 1 is 1.00 bits per heavy atom. The molecule has 2 aromatic rings. The minimum atomic E-state index is -0.846. The third-order valence-electron chi connectivity index (χ3n) is 2.07. The molecule has 5 heteroatoms. The number of anilines is 1. The Kier molecular flexibility index (Phi) is 3.69. The average Bonchev–Trinajstić information content (AvgIpc) is 2.27. The van der Waals surface area contributed by atoms with E-state index < -0.39 is 11.6 Å². The maximum Gasteiger partial charge on any atom is 0.159 e. The van der Waals surface area contributed by atoms with Gasteiger partial charge in [0, 0.05) is 20.0 Å². The maximum absolute atomic E-state index is 13.0. The number of benzene rings is 2. The molecule has 2 N–H and O–H groups in total. The van der Waals surface area contributed by atoms with Gasteiger partial charge >= 0.3 is 0 Å². The first-order valence-electron chi connectivity index (χ1n) is 4.74. The molecule has 2 rings (SSSR count). The molecule has 17 heavy (non-hydrogen) atoms. The molecule has 2 aromatic carbocycles. The van der Waals surface area contributed by atoms with Gasteiger partial charge in [-0.15, -0.1) is 0 Å². The third kappa shape index (κ3) is 2.98. The number of nitrogens with two attached hydrogens (primary N) is 1. The highest BCUT2D eigenvalue weighted by atomic mass is 79.9. The molecule has 88 valence electrons. The summed E-state index contributed by atoms with van der Waals surface area (Å²) < 4.78 is 26.6. The molecule has 1 nitrogen and oxygen atoms in total. The normalized spacial score (nSPS) is 10.5. The molecule has 0 unspecified atom stereocenters. The maximum atomic E-state index is 13.0. The Morgan fingerprint density at radius 3 is 2.41 bits per heavy atom. The zero-order chi connectivity index (χ0) is 12.4. The number of nitrogen functional groups attached to an aromatic ring is 1. The van der Waals surface area contributed by atoms with E-state index in [1.165, 1.54) is 23.9 Å². The summed E-state index contributed by atoms with van der Waals surface area (Å²) in [6.45, 7) is 0. The summed E-state index contributed by atoms with van der Waals surface area (Å²) >= 11 is 4.71. The fourth-order valence-corrected chi connectivity index (χ4v) is 2.75. The monoisotopic (exact) mass is 315 g/mol. The number of hydrogen-bond acceptors (Lipinski definition) is 2. The van der Waals surface area contributed by atoms with Crippen molar-refractivity contribution < 1.29 is 8.78 Å². The van der Waals surface area contributed by atoms with Gasteiger partial charge in [0.25, 0.3) is 0 Å². The smallest absolute Gasteiger partial charge is 0.159 e. The van der Waals surface area contributed by atoms with Crippen molar-refractivity contribution in [2.24, 2.45) is 0 Å². The summed E-state index contributed by atoms with van der Waals surface area (Å²) in [5.41, 5.74) is 6.26. The van der Waals surface area contributed by atoms with Crippen LogP contribution in [0.3, 0.4) is 0 Å². The van der Waals surface area contributed by atoms with Gasteiger partial charge in [-0.2, -0.15) is 0 Å². The van der Waals surface area contributed by atoms with E-state index in [9.17, 15) is 8.78 Å². The number of rotatable bonds is 2. The second-order valence-electron chi connectivity index (χ2n) is 3.37. The van der Waals surface area contributed by atoms with Gasteiger partial charge < -0.3 is 5.73 Å². The quantitative estimate of drug-likeness (QED) is 0.828. The first-order chi connectivity index (χ1) is 8.06. The molecule has 0 spiro atoms. The lowest BCUT2D eigenvalue weighted by atomic mass is 10.3. The molecule has 0 atom stereocenters. The highest BCUT2D eigenvalue weighted by molar-refractivity contribution is 9.10. The van der Waals surface area contributed by atoms with Crippen LogP contribution in [0.5, 0.6) is 0 Å². The first-order valence-corrected chi connectivity index (χ1v) is 6.35. The number of hydrogen-bond donors (Lipinski definition) is 1. The van der Waals surface area contributed by atoms with Crippen molar-refractivity contribution in [3.8, 4) is 0 Å². The summed E-state index contributed by atoms with van der Waals surface area (Å²) in [5, 5.41) is 0. The molecular formula is C12H8BrF2NS. The van der Waals surface area contributed by atoms with Crippen molar-refractivity contribution in [2.75, 3.05) is 5.73 Å². The largest absolute Gasteiger partial charge is 0.399 e. The molecule has 0 aromatic heterocycles. The Labute approximate surface area is 110 Å². The van der Waals surface area contributed by atoms with E-state index in [4.69, 9.17) is 5.73 Å². The Bertz CT molecular complexity index is 560. The molecule has 0 saturated carbocycles. The van der Waals surface area contributed by atoms with Crippen LogP contribution in [-0.2, 0) is 0 Å². The standard InChI is InChI=1S/C12H8BrF2NS/c13-9-5-7(16)1-4-12(9)17-8-2-3-10(14)11(15)6-8/h1-6H,16H2. The van der Waals surface area contributed by atoms with Crippen LogP contribution in [0.25, 0.3) is 0 Å². The van der Waals surface area contributed by atoms with E-state index in [1.807, 2.05) is 6.07 Å². The van der Waals surface area contributed by atoms with Crippen LogP contribution in [0.15, 0.2) is 50.7 Å². The highest BCUT2D eigenvalue weighted by Crippen LogP contribution is 2.34. The van der Waals surface area contributed by atoms with Gasteiger partial charge in [-0.05, 0) is 52.3 Å². The van der Waals surface area contributed by atoms with Crippen LogP contribution in [0.4, 0.5) is 14.5 Å². The van der Waals surface area contributed by atoms with E-state index in [-0.39, 0.29) is 0 Å². The molecule has 0 amide bonds. The van der Waals surface area contributed by atoms with Crippen LogP contribution in [0.1, 0.15) is 0 Å². The Hall–Kier alpha value is -1.07. The molecule has 0 bridgehead atoms. The van der Waals surface area contributed by atoms with Crippen molar-refractivity contribution in [1.29, 1.82) is 0 Å². The lowest BCUT2D eigenvalue weighted by Gasteiger charge is -2.05. The van der Waals surface area contributed by atoms with E-state index >= 15 is 0 Å². The molecule has 0 saturated heterocycles. The van der Waals surface area contributed by atoms with Gasteiger partial charge in [0.15, 0.2) is 11.6 Å². The van der Waals surface area contributed by atoms with Crippen molar-refractivity contribution in [3.63, 3.8) is 0 Å². The van der Waals surface area contributed by atoms with Crippen LogP contribution >= 0.6 is 27.7 Å². The molecule has 0 aliphatic rings. The van der Waals surface area contributed by atoms with Crippen LogP contribution in [0, 0.1) is 11.6 Å². The van der Waals surface area contributed by atoms with Gasteiger partial charge in [-0.3, -0.25) is 0 Å². The number of halogens is 3. The summed E-state index contributed by atoms with van der Waals surface area (Å²) in [4.78, 5) is 1.53. The Balaban J connectivity index is 2.28. The van der Waals surface area contributed by atoms with Crippen LogP contribution < -0.4 is 5.73 Å². The molecular weight excluding hydrogens is 308 g/mol. The van der Waals surface area contributed by atoms with Gasteiger partial charge in [0.05, 0.1) is 0 Å². The Morgan fingerprint density at radius 2 is 1.76 bits per heavy atom. The van der Waals surface area contributed by atoms with Gasteiger partial charge in [0.2, 0.25) is 0 Å². The molecule has 0 heterocycles. The predicted molar refractivity (Wildman–Crippen MR) is 69.0 cm³/mol. The lowest BCUT2D eigenvalue weighted by Crippen LogP contribution is -1.86. The zero-order valence-corrected chi connectivity index (χ0v) is 11.0. The molecule has 0 aliphatic heterocycles. The second kappa shape index (κ2) is 5.06. The topological polar surface area (TPSA) is 26.0 Å². The van der Waals surface area contributed by atoms with E-state index in [0.29, 0.717) is 10.6 Å². The average molecular weight is 316 g/mol. The first kappa shape index (κ1) is 12.4. The molecule has 0 fully saturated rings. The van der Waals surface area contributed by atoms with E-state index in [2.05, 4.69) is 15.9 Å². The van der Waals surface area contributed by atoms with E-state index in [1.54, 1.807) is 12.1 Å². The van der Waals surface area contributed by atoms with Gasteiger partial charge in [0.1, 0.15) is 0 Å². The molecule has 0 radical (unpaired) electrons. The highest BCUT2D eigenvalue weighted by Gasteiger charge is 2.06. The van der Waals surface area contributed by atoms with Crippen molar-refractivity contribution >= 4 is 33.4 Å². The summed E-state index contributed by atoms with van der Waals surface area (Å²) in [6.07, 6.45) is 0. The predicted octanol–water partition coefficient (Wildman–Crippen LogP) is 4.46. The minimum absolute atomic E-state index is 0.634. The summed E-state index contributed by atoms with van der Waals surface area (Å²) in [6, 6.07) is 9.16. The third-order valence-corrected chi connectivity index (χ3v) is 4.06. The summed E-state index contributed by atoms with van der Waals surface area (Å²) in [7, 11) is 0. The van der Waals surface area contributed by atoms with Crippen molar-refractivity contribution in [1.82, 2.24) is 0 Å². The van der Waals surface area contributed by atoms with E-state index in [0.717, 1.165) is 15.4 Å². The molecule has 0 aliphatic carbocycles. The van der Waals surface area contributed by atoms with Crippen molar-refractivity contribution in [3.05, 3.63) is 52.5 Å². The van der Waals surface area contributed by atoms with Crippen LogP contribution in [-0.4, -0.2) is 0 Å². The lowest BCUT2D eigenvalue weighted by molar-refractivity contribution is 0.506. The zero-order valence-electron chi connectivity index (χ0n) is 8.58. The van der Waals surface area contributed by atoms with Crippen LogP contribution in [0.2, 0.25) is 0 Å². The fourth-order valence-electron chi connectivity index (χ4n) is 1.27. The summed E-state index contributed by atoms with van der Waals surface area (Å²) in [5.74, 6) is -1.69. The van der Waals surface area contributed by atoms with Crippen molar-refractivity contribution in [2.45, 2.75) is 9.79 Å². The fraction of sp³-hybridized carbons (Fsp3) is 0. The SMILES string of the molecule is Nc1ccc(Sc2ccc(F)c(F)c2)c(Br)c1. The minimum Gasteiger partial charge on any atom is -0.399 e. The van der Waals surface area contributed by atoms with Gasteiger partial charge in [-0.25, -0.2) is 8.78 Å². The van der Waals surface area contributed by atoms with Gasteiger partial charge in [-0.1, -0.05) is 11.8 Å².